The van der Waals surface area contributed by atoms with Gasteiger partial charge >= 0.3 is 5.97 Å². The summed E-state index contributed by atoms with van der Waals surface area (Å²) in [6.45, 7) is 2.51. The molecule has 0 unspecified atom stereocenters. The molecule has 1 heterocycles. The van der Waals surface area contributed by atoms with Gasteiger partial charge in [-0.05, 0) is 42.8 Å². The number of fused-ring (bicyclic) bond motifs is 1. The van der Waals surface area contributed by atoms with Gasteiger partial charge in [-0.1, -0.05) is 12.1 Å². The Morgan fingerprint density at radius 3 is 2.71 bits per heavy atom. The number of carboxylic acids is 1. The molecule has 0 spiro atoms. The van der Waals surface area contributed by atoms with Crippen molar-refractivity contribution in [3.05, 3.63) is 48.0 Å². The highest BCUT2D eigenvalue weighted by Crippen LogP contribution is 2.34. The summed E-state index contributed by atoms with van der Waals surface area (Å²) in [5.41, 5.74) is 3.31. The third-order valence-electron chi connectivity index (χ3n) is 3.88. The zero-order valence-corrected chi connectivity index (χ0v) is 13.6. The first-order valence-corrected chi connectivity index (χ1v) is 7.76. The van der Waals surface area contributed by atoms with Gasteiger partial charge in [0.1, 0.15) is 11.5 Å². The molecule has 0 amide bonds. The van der Waals surface area contributed by atoms with Crippen LogP contribution >= 0.6 is 0 Å². The van der Waals surface area contributed by atoms with Gasteiger partial charge in [0.05, 0.1) is 25.8 Å². The smallest absolute Gasteiger partial charge is 0.307 e. The number of benzene rings is 2. The second-order valence-electron chi connectivity index (χ2n) is 5.42. The summed E-state index contributed by atoms with van der Waals surface area (Å²) in [5.74, 6) is 0.580. The number of carboxylic acid groups (broad SMARTS) is 1. The van der Waals surface area contributed by atoms with E-state index in [-0.39, 0.29) is 6.42 Å². The van der Waals surface area contributed by atoms with Crippen LogP contribution < -0.4 is 9.47 Å². The summed E-state index contributed by atoms with van der Waals surface area (Å²) in [6.07, 6.45) is -0.0681. The average Bonchev–Trinajstić information content (AvgIpc) is 2.92. The van der Waals surface area contributed by atoms with Gasteiger partial charge in [0.15, 0.2) is 0 Å². The lowest BCUT2D eigenvalue weighted by molar-refractivity contribution is -0.136. The van der Waals surface area contributed by atoms with Crippen LogP contribution in [0.4, 0.5) is 0 Å². The van der Waals surface area contributed by atoms with Crippen molar-refractivity contribution in [3.63, 3.8) is 0 Å². The number of hydrogen-bond donors (Lipinski definition) is 2. The van der Waals surface area contributed by atoms with Crippen LogP contribution in [0.2, 0.25) is 0 Å². The molecule has 2 aromatic carbocycles. The Kier molecular flexibility index (Phi) is 4.42. The molecule has 0 fully saturated rings. The molecule has 24 heavy (non-hydrogen) atoms. The maximum Gasteiger partial charge on any atom is 0.307 e. The van der Waals surface area contributed by atoms with E-state index in [1.807, 2.05) is 49.4 Å². The van der Waals surface area contributed by atoms with E-state index in [9.17, 15) is 9.90 Å². The van der Waals surface area contributed by atoms with E-state index < -0.39 is 5.97 Å². The summed E-state index contributed by atoms with van der Waals surface area (Å²) < 4.78 is 10.8. The molecule has 0 atom stereocenters. The van der Waals surface area contributed by atoms with Crippen LogP contribution in [0.1, 0.15) is 12.5 Å². The fourth-order valence-electron chi connectivity index (χ4n) is 2.84. The predicted octanol–water partition coefficient (Wildman–Crippen LogP) is 3.87. The van der Waals surface area contributed by atoms with E-state index in [2.05, 4.69) is 4.98 Å². The van der Waals surface area contributed by atoms with Crippen LogP contribution in [0.15, 0.2) is 42.5 Å². The number of aromatic nitrogens is 1. The molecular weight excluding hydrogens is 306 g/mol. The van der Waals surface area contributed by atoms with Crippen molar-refractivity contribution in [2.45, 2.75) is 13.3 Å². The van der Waals surface area contributed by atoms with Crippen molar-refractivity contribution < 1.29 is 19.4 Å². The second-order valence-corrected chi connectivity index (χ2v) is 5.42. The van der Waals surface area contributed by atoms with Crippen LogP contribution in [-0.4, -0.2) is 29.8 Å². The molecule has 124 valence electrons. The largest absolute Gasteiger partial charge is 0.497 e. The van der Waals surface area contributed by atoms with E-state index >= 15 is 0 Å². The number of nitrogens with one attached hydrogen (secondary N) is 1. The van der Waals surface area contributed by atoms with Crippen LogP contribution in [0.25, 0.3) is 22.2 Å². The van der Waals surface area contributed by atoms with E-state index in [0.29, 0.717) is 12.4 Å². The normalized spacial score (nSPS) is 10.8. The van der Waals surface area contributed by atoms with Crippen molar-refractivity contribution >= 4 is 16.9 Å². The van der Waals surface area contributed by atoms with Gasteiger partial charge in [-0.25, -0.2) is 0 Å². The lowest BCUT2D eigenvalue weighted by Crippen LogP contribution is -2.01. The molecule has 5 nitrogen and oxygen atoms in total. The number of aromatic amines is 1. The maximum atomic E-state index is 11.3. The molecule has 3 aromatic rings. The van der Waals surface area contributed by atoms with Crippen LogP contribution in [0.5, 0.6) is 11.5 Å². The summed E-state index contributed by atoms with van der Waals surface area (Å²) in [7, 11) is 1.59. The van der Waals surface area contributed by atoms with E-state index in [4.69, 9.17) is 9.47 Å². The first kappa shape index (κ1) is 15.9. The first-order chi connectivity index (χ1) is 11.6. The molecule has 1 aromatic heterocycles. The molecule has 0 saturated heterocycles. The van der Waals surface area contributed by atoms with Crippen molar-refractivity contribution in [2.75, 3.05) is 13.7 Å². The van der Waals surface area contributed by atoms with Crippen molar-refractivity contribution in [2.24, 2.45) is 0 Å². The molecule has 0 aliphatic rings. The molecular formula is C19H19NO4. The zero-order chi connectivity index (χ0) is 17.1. The Bertz CT molecular complexity index is 882. The minimum Gasteiger partial charge on any atom is -0.497 e. The summed E-state index contributed by atoms with van der Waals surface area (Å²) in [4.78, 5) is 14.7. The minimum absolute atomic E-state index is 0.0681. The number of ether oxygens (including phenoxy) is 2. The standard InChI is InChI=1S/C19H19NO4/c1-3-24-14-6-4-5-12(9-14)19-16(11-18(21)22)15-10-13(23-2)7-8-17(15)20-19/h4-10,20H,3,11H2,1-2H3,(H,21,22). The Labute approximate surface area is 139 Å². The van der Waals surface area contributed by atoms with Crippen LogP contribution in [0, 0.1) is 0 Å². The molecule has 2 N–H and O–H groups in total. The third-order valence-corrected chi connectivity index (χ3v) is 3.88. The quantitative estimate of drug-likeness (QED) is 0.722. The molecule has 5 heteroatoms. The zero-order valence-electron chi connectivity index (χ0n) is 13.6. The molecule has 0 saturated carbocycles. The average molecular weight is 325 g/mol. The number of methoxy groups -OCH3 is 1. The Morgan fingerprint density at radius 1 is 1.17 bits per heavy atom. The van der Waals surface area contributed by atoms with E-state index in [1.54, 1.807) is 7.11 Å². The SMILES string of the molecule is CCOc1cccc(-c2[nH]c3ccc(OC)cc3c2CC(=O)O)c1. The Balaban J connectivity index is 2.19. The predicted molar refractivity (Wildman–Crippen MR) is 92.8 cm³/mol. The molecule has 3 rings (SSSR count). The van der Waals surface area contributed by atoms with Crippen molar-refractivity contribution in [1.82, 2.24) is 4.98 Å². The maximum absolute atomic E-state index is 11.3. The molecule has 0 radical (unpaired) electrons. The fourth-order valence-corrected chi connectivity index (χ4v) is 2.84. The number of aliphatic carboxylic acids is 1. The summed E-state index contributed by atoms with van der Waals surface area (Å²) in [6, 6.07) is 13.2. The Hall–Kier alpha value is -2.95. The summed E-state index contributed by atoms with van der Waals surface area (Å²) >= 11 is 0. The van der Waals surface area contributed by atoms with E-state index in [0.717, 1.165) is 33.5 Å². The lowest BCUT2D eigenvalue weighted by Gasteiger charge is -2.07. The number of H-pyrrole nitrogens is 1. The number of hydrogen-bond acceptors (Lipinski definition) is 3. The molecule has 0 aliphatic heterocycles. The lowest BCUT2D eigenvalue weighted by atomic mass is 10.0. The van der Waals surface area contributed by atoms with Crippen LogP contribution in [0.3, 0.4) is 0 Å². The fraction of sp³-hybridized carbons (Fsp3) is 0.211. The van der Waals surface area contributed by atoms with Gasteiger partial charge < -0.3 is 19.6 Å². The van der Waals surface area contributed by atoms with Gasteiger partial charge in [-0.2, -0.15) is 0 Å². The van der Waals surface area contributed by atoms with E-state index in [1.165, 1.54) is 0 Å². The van der Waals surface area contributed by atoms with Crippen LogP contribution in [-0.2, 0) is 11.2 Å². The van der Waals surface area contributed by atoms with Gasteiger partial charge in [0, 0.05) is 16.5 Å². The minimum atomic E-state index is -0.874. The first-order valence-electron chi connectivity index (χ1n) is 7.76. The number of carbonyl (C=O) groups is 1. The van der Waals surface area contributed by atoms with Crippen molar-refractivity contribution in [1.29, 1.82) is 0 Å². The highest BCUT2D eigenvalue weighted by Gasteiger charge is 2.17. The monoisotopic (exact) mass is 325 g/mol. The van der Waals surface area contributed by atoms with Gasteiger partial charge in [-0.3, -0.25) is 4.79 Å². The second kappa shape index (κ2) is 6.66. The van der Waals surface area contributed by atoms with Gasteiger partial charge in [-0.15, -0.1) is 0 Å². The van der Waals surface area contributed by atoms with Gasteiger partial charge in [0.2, 0.25) is 0 Å². The third kappa shape index (κ3) is 3.06. The summed E-state index contributed by atoms with van der Waals surface area (Å²) in [5, 5.41) is 10.2. The Morgan fingerprint density at radius 2 is 2.00 bits per heavy atom. The highest BCUT2D eigenvalue weighted by molar-refractivity contribution is 5.94. The number of rotatable bonds is 6. The topological polar surface area (TPSA) is 71.5 Å². The molecule has 0 aliphatic carbocycles. The highest BCUT2D eigenvalue weighted by atomic mass is 16.5. The van der Waals surface area contributed by atoms with Crippen molar-refractivity contribution in [3.8, 4) is 22.8 Å². The molecule has 0 bridgehead atoms. The van der Waals surface area contributed by atoms with Gasteiger partial charge in [0.25, 0.3) is 0 Å².